The number of nitrogens with zero attached hydrogens (tertiary/aromatic N) is 1. The van der Waals surface area contributed by atoms with Crippen LogP contribution < -0.4 is 5.32 Å². The SMILES string of the molecule is CCN(CC)C(=O)C(C)NCc1ccc(Br)c(Cl)c1. The summed E-state index contributed by atoms with van der Waals surface area (Å²) in [4.78, 5) is 13.9. The summed E-state index contributed by atoms with van der Waals surface area (Å²) in [6.45, 7) is 7.98. The van der Waals surface area contributed by atoms with Crippen LogP contribution in [0.4, 0.5) is 0 Å². The Bertz CT molecular complexity index is 435. The van der Waals surface area contributed by atoms with Crippen molar-refractivity contribution >= 4 is 33.4 Å². The zero-order valence-electron chi connectivity index (χ0n) is 11.5. The van der Waals surface area contributed by atoms with Crippen LogP contribution in [0.25, 0.3) is 0 Å². The number of benzene rings is 1. The van der Waals surface area contributed by atoms with E-state index in [0.717, 1.165) is 23.1 Å². The van der Waals surface area contributed by atoms with E-state index in [4.69, 9.17) is 11.6 Å². The number of carbonyl (C=O) groups excluding carboxylic acids is 1. The molecule has 106 valence electrons. The number of hydrogen-bond donors (Lipinski definition) is 1. The Balaban J connectivity index is 2.56. The zero-order chi connectivity index (χ0) is 14.4. The second-order valence-corrected chi connectivity index (χ2v) is 5.62. The van der Waals surface area contributed by atoms with Crippen molar-refractivity contribution in [1.82, 2.24) is 10.2 Å². The molecule has 0 saturated carbocycles. The molecule has 19 heavy (non-hydrogen) atoms. The van der Waals surface area contributed by atoms with Crippen molar-refractivity contribution in [2.24, 2.45) is 0 Å². The molecule has 3 nitrogen and oxygen atoms in total. The Labute approximate surface area is 128 Å². The lowest BCUT2D eigenvalue weighted by molar-refractivity contribution is -0.132. The summed E-state index contributed by atoms with van der Waals surface area (Å²) < 4.78 is 0.880. The van der Waals surface area contributed by atoms with E-state index in [9.17, 15) is 4.79 Å². The van der Waals surface area contributed by atoms with Crippen molar-refractivity contribution < 1.29 is 4.79 Å². The van der Waals surface area contributed by atoms with Gasteiger partial charge in [-0.15, -0.1) is 0 Å². The molecule has 0 aliphatic heterocycles. The van der Waals surface area contributed by atoms with E-state index >= 15 is 0 Å². The number of likely N-dealkylation sites (N-methyl/N-ethyl adjacent to an activating group) is 1. The summed E-state index contributed by atoms with van der Waals surface area (Å²) in [5.41, 5.74) is 1.06. The maximum Gasteiger partial charge on any atom is 0.239 e. The van der Waals surface area contributed by atoms with Gasteiger partial charge in [-0.25, -0.2) is 0 Å². The lowest BCUT2D eigenvalue weighted by atomic mass is 10.2. The molecule has 1 unspecified atom stereocenters. The van der Waals surface area contributed by atoms with Crippen LogP contribution in [0, 0.1) is 0 Å². The number of carbonyl (C=O) groups is 1. The van der Waals surface area contributed by atoms with Gasteiger partial charge in [0.1, 0.15) is 0 Å². The minimum absolute atomic E-state index is 0.133. The van der Waals surface area contributed by atoms with Gasteiger partial charge in [0, 0.05) is 24.1 Å². The number of hydrogen-bond acceptors (Lipinski definition) is 2. The zero-order valence-corrected chi connectivity index (χ0v) is 13.9. The van der Waals surface area contributed by atoms with Crippen LogP contribution in [0.1, 0.15) is 26.3 Å². The average Bonchev–Trinajstić information content (AvgIpc) is 2.41. The van der Waals surface area contributed by atoms with Crippen molar-refractivity contribution in [3.63, 3.8) is 0 Å². The predicted octanol–water partition coefficient (Wildman–Crippen LogP) is 3.45. The van der Waals surface area contributed by atoms with Gasteiger partial charge in [0.15, 0.2) is 0 Å². The fourth-order valence-corrected chi connectivity index (χ4v) is 2.27. The van der Waals surface area contributed by atoms with Crippen LogP contribution >= 0.6 is 27.5 Å². The summed E-state index contributed by atoms with van der Waals surface area (Å²) in [7, 11) is 0. The molecule has 1 amide bonds. The van der Waals surface area contributed by atoms with E-state index in [-0.39, 0.29) is 11.9 Å². The van der Waals surface area contributed by atoms with Gasteiger partial charge >= 0.3 is 0 Å². The monoisotopic (exact) mass is 346 g/mol. The summed E-state index contributed by atoms with van der Waals surface area (Å²) in [5, 5.41) is 3.91. The van der Waals surface area contributed by atoms with Gasteiger partial charge in [0.25, 0.3) is 0 Å². The molecular formula is C14H20BrClN2O. The fourth-order valence-electron chi connectivity index (χ4n) is 1.82. The second-order valence-electron chi connectivity index (χ2n) is 4.36. The van der Waals surface area contributed by atoms with Gasteiger partial charge in [0.05, 0.1) is 11.1 Å². The van der Waals surface area contributed by atoms with Crippen LogP contribution in [0.2, 0.25) is 5.02 Å². The first-order chi connectivity index (χ1) is 8.99. The predicted molar refractivity (Wildman–Crippen MR) is 83.4 cm³/mol. The number of nitrogens with one attached hydrogen (secondary N) is 1. The average molecular weight is 348 g/mol. The molecule has 0 heterocycles. The minimum atomic E-state index is -0.192. The maximum absolute atomic E-state index is 12.1. The van der Waals surface area contributed by atoms with Crippen LogP contribution in [0.15, 0.2) is 22.7 Å². The van der Waals surface area contributed by atoms with E-state index in [1.807, 2.05) is 43.9 Å². The molecular weight excluding hydrogens is 328 g/mol. The van der Waals surface area contributed by atoms with Gasteiger partial charge in [-0.1, -0.05) is 17.7 Å². The summed E-state index contributed by atoms with van der Waals surface area (Å²) in [6.07, 6.45) is 0. The highest BCUT2D eigenvalue weighted by atomic mass is 79.9. The molecule has 1 atom stereocenters. The lowest BCUT2D eigenvalue weighted by Crippen LogP contribution is -2.44. The largest absolute Gasteiger partial charge is 0.342 e. The Morgan fingerprint density at radius 1 is 1.42 bits per heavy atom. The first kappa shape index (κ1) is 16.5. The molecule has 1 N–H and O–H groups in total. The van der Waals surface area contributed by atoms with E-state index in [1.165, 1.54) is 0 Å². The number of rotatable bonds is 6. The van der Waals surface area contributed by atoms with Gasteiger partial charge < -0.3 is 10.2 Å². The molecule has 1 aromatic carbocycles. The van der Waals surface area contributed by atoms with E-state index in [2.05, 4.69) is 21.2 Å². The molecule has 0 aliphatic carbocycles. The number of amides is 1. The standard InChI is InChI=1S/C14H20BrClN2O/c1-4-18(5-2)14(19)10(3)17-9-11-6-7-12(15)13(16)8-11/h6-8,10,17H,4-5,9H2,1-3H3. The first-order valence-corrected chi connectivity index (χ1v) is 7.62. The molecule has 0 aliphatic rings. The lowest BCUT2D eigenvalue weighted by Gasteiger charge is -2.23. The smallest absolute Gasteiger partial charge is 0.239 e. The highest BCUT2D eigenvalue weighted by Gasteiger charge is 2.17. The highest BCUT2D eigenvalue weighted by molar-refractivity contribution is 9.10. The molecule has 0 spiro atoms. The Morgan fingerprint density at radius 3 is 2.58 bits per heavy atom. The quantitative estimate of drug-likeness (QED) is 0.855. The molecule has 5 heteroatoms. The molecule has 0 bridgehead atoms. The van der Waals surface area contributed by atoms with Crippen LogP contribution in [0.5, 0.6) is 0 Å². The third kappa shape index (κ3) is 4.79. The molecule has 0 aromatic heterocycles. The molecule has 0 radical (unpaired) electrons. The van der Waals surface area contributed by atoms with E-state index < -0.39 is 0 Å². The van der Waals surface area contributed by atoms with Crippen LogP contribution in [-0.4, -0.2) is 29.9 Å². The molecule has 1 aromatic rings. The van der Waals surface area contributed by atoms with Crippen LogP contribution in [-0.2, 0) is 11.3 Å². The molecule has 1 rings (SSSR count). The Morgan fingerprint density at radius 2 is 2.05 bits per heavy atom. The van der Waals surface area contributed by atoms with Crippen molar-refractivity contribution in [3.05, 3.63) is 33.3 Å². The minimum Gasteiger partial charge on any atom is -0.342 e. The fraction of sp³-hybridized carbons (Fsp3) is 0.500. The van der Waals surface area contributed by atoms with Crippen LogP contribution in [0.3, 0.4) is 0 Å². The maximum atomic E-state index is 12.1. The first-order valence-electron chi connectivity index (χ1n) is 6.45. The third-order valence-corrected chi connectivity index (χ3v) is 4.27. The molecule has 0 saturated heterocycles. The summed E-state index contributed by atoms with van der Waals surface area (Å²) in [5.74, 6) is 0.133. The van der Waals surface area contributed by atoms with Gasteiger partial charge in [-0.3, -0.25) is 4.79 Å². The summed E-state index contributed by atoms with van der Waals surface area (Å²) >= 11 is 9.39. The van der Waals surface area contributed by atoms with Crippen molar-refractivity contribution in [3.8, 4) is 0 Å². The Hall–Kier alpha value is -0.580. The van der Waals surface area contributed by atoms with Gasteiger partial charge in [0.2, 0.25) is 5.91 Å². The van der Waals surface area contributed by atoms with Gasteiger partial charge in [-0.2, -0.15) is 0 Å². The van der Waals surface area contributed by atoms with Crippen molar-refractivity contribution in [2.75, 3.05) is 13.1 Å². The van der Waals surface area contributed by atoms with Crippen molar-refractivity contribution in [1.29, 1.82) is 0 Å². The highest BCUT2D eigenvalue weighted by Crippen LogP contribution is 2.23. The second kappa shape index (κ2) is 7.88. The molecule has 0 fully saturated rings. The normalized spacial score (nSPS) is 12.3. The van der Waals surface area contributed by atoms with Gasteiger partial charge in [-0.05, 0) is 54.4 Å². The van der Waals surface area contributed by atoms with Crippen molar-refractivity contribution in [2.45, 2.75) is 33.4 Å². The topological polar surface area (TPSA) is 32.3 Å². The Kier molecular flexibility index (Phi) is 6.83. The number of halogens is 2. The van der Waals surface area contributed by atoms with E-state index in [0.29, 0.717) is 11.6 Å². The van der Waals surface area contributed by atoms with E-state index in [1.54, 1.807) is 0 Å². The third-order valence-electron chi connectivity index (χ3n) is 3.04. The summed E-state index contributed by atoms with van der Waals surface area (Å²) in [6, 6.07) is 5.60.